The molecule has 0 aromatic rings. The van der Waals surface area contributed by atoms with Crippen LogP contribution in [0.15, 0.2) is 0 Å². The average molecular weight is 235 g/mol. The molecule has 15 heavy (non-hydrogen) atoms. The summed E-state index contributed by atoms with van der Waals surface area (Å²) in [6.45, 7) is 8.46. The number of nitrogens with one attached hydrogen (secondary N) is 1. The first-order chi connectivity index (χ1) is 7.24. The van der Waals surface area contributed by atoms with Gasteiger partial charge in [0.25, 0.3) is 0 Å². The third-order valence-electron chi connectivity index (χ3n) is 2.44. The van der Waals surface area contributed by atoms with Crippen LogP contribution in [0.2, 0.25) is 0 Å². The van der Waals surface area contributed by atoms with Crippen molar-refractivity contribution in [1.82, 2.24) is 10.2 Å². The molecule has 0 aromatic heterocycles. The Morgan fingerprint density at radius 2 is 1.93 bits per heavy atom. The summed E-state index contributed by atoms with van der Waals surface area (Å²) in [6.07, 6.45) is 2.62. The lowest BCUT2D eigenvalue weighted by atomic mass is 10.3. The molecule has 1 N–H and O–H groups in total. The van der Waals surface area contributed by atoms with Gasteiger partial charge in [-0.3, -0.25) is 4.79 Å². The first-order valence-electron chi connectivity index (χ1n) is 5.79. The van der Waals surface area contributed by atoms with Gasteiger partial charge in [0, 0.05) is 18.8 Å². The number of amides is 1. The first-order valence-corrected chi connectivity index (χ1v) is 6.33. The van der Waals surface area contributed by atoms with Crippen LogP contribution in [0.3, 0.4) is 0 Å². The van der Waals surface area contributed by atoms with E-state index in [4.69, 9.17) is 11.6 Å². The van der Waals surface area contributed by atoms with Crippen LogP contribution < -0.4 is 5.32 Å². The Bertz CT molecular complexity index is 161. The first kappa shape index (κ1) is 14.7. The molecular weight excluding hydrogens is 212 g/mol. The van der Waals surface area contributed by atoms with E-state index in [-0.39, 0.29) is 5.91 Å². The van der Waals surface area contributed by atoms with Gasteiger partial charge in [-0.25, -0.2) is 0 Å². The number of carbonyl (C=O) groups excluding carboxylic acids is 1. The molecule has 0 aliphatic heterocycles. The van der Waals surface area contributed by atoms with Crippen LogP contribution in [-0.2, 0) is 4.79 Å². The molecule has 0 atom stereocenters. The highest BCUT2D eigenvalue weighted by atomic mass is 35.5. The lowest BCUT2D eigenvalue weighted by molar-refractivity contribution is -0.120. The second-order valence-corrected chi connectivity index (χ2v) is 3.90. The molecule has 4 heteroatoms. The van der Waals surface area contributed by atoms with E-state index in [1.165, 1.54) is 0 Å². The molecule has 0 aliphatic rings. The maximum absolute atomic E-state index is 11.0. The summed E-state index contributed by atoms with van der Waals surface area (Å²) < 4.78 is 0. The minimum absolute atomic E-state index is 0.0628. The molecule has 0 rings (SSSR count). The fourth-order valence-electron chi connectivity index (χ4n) is 1.40. The molecule has 1 amide bonds. The zero-order chi connectivity index (χ0) is 11.5. The highest BCUT2D eigenvalue weighted by Gasteiger charge is 2.00. The summed E-state index contributed by atoms with van der Waals surface area (Å²) >= 11 is 5.45. The molecule has 0 heterocycles. The van der Waals surface area contributed by atoms with Crippen molar-refractivity contribution in [3.8, 4) is 0 Å². The highest BCUT2D eigenvalue weighted by molar-refractivity contribution is 6.18. The Morgan fingerprint density at radius 1 is 1.27 bits per heavy atom. The number of hydrogen-bond donors (Lipinski definition) is 1. The van der Waals surface area contributed by atoms with Crippen molar-refractivity contribution in [2.45, 2.75) is 33.1 Å². The number of rotatable bonds is 9. The second-order valence-electron chi connectivity index (χ2n) is 3.52. The predicted molar refractivity (Wildman–Crippen MR) is 65.4 cm³/mol. The maximum Gasteiger partial charge on any atom is 0.221 e. The van der Waals surface area contributed by atoms with Gasteiger partial charge < -0.3 is 10.2 Å². The van der Waals surface area contributed by atoms with Crippen LogP contribution >= 0.6 is 11.6 Å². The third kappa shape index (κ3) is 8.70. The zero-order valence-electron chi connectivity index (χ0n) is 9.89. The maximum atomic E-state index is 11.0. The van der Waals surface area contributed by atoms with Crippen LogP contribution in [0.4, 0.5) is 0 Å². The van der Waals surface area contributed by atoms with E-state index in [2.05, 4.69) is 24.1 Å². The van der Waals surface area contributed by atoms with Gasteiger partial charge in [0.2, 0.25) is 5.91 Å². The van der Waals surface area contributed by atoms with Gasteiger partial charge in [0.1, 0.15) is 0 Å². The van der Waals surface area contributed by atoms with E-state index >= 15 is 0 Å². The van der Waals surface area contributed by atoms with Gasteiger partial charge >= 0.3 is 0 Å². The summed E-state index contributed by atoms with van der Waals surface area (Å²) in [5.74, 6) is 0.471. The van der Waals surface area contributed by atoms with Gasteiger partial charge in [-0.05, 0) is 32.5 Å². The van der Waals surface area contributed by atoms with Crippen molar-refractivity contribution in [2.24, 2.45) is 0 Å². The van der Waals surface area contributed by atoms with E-state index < -0.39 is 0 Å². The van der Waals surface area contributed by atoms with Crippen LogP contribution in [-0.4, -0.2) is 42.9 Å². The monoisotopic (exact) mass is 234 g/mol. The largest absolute Gasteiger partial charge is 0.356 e. The van der Waals surface area contributed by atoms with Gasteiger partial charge in [-0.15, -0.1) is 11.6 Å². The van der Waals surface area contributed by atoms with E-state index in [9.17, 15) is 4.79 Å². The molecule has 0 aliphatic carbocycles. The van der Waals surface area contributed by atoms with Crippen molar-refractivity contribution in [1.29, 1.82) is 0 Å². The molecule has 0 spiro atoms. The molecule has 0 radical (unpaired) electrons. The molecule has 0 saturated heterocycles. The Morgan fingerprint density at radius 3 is 2.47 bits per heavy atom. The smallest absolute Gasteiger partial charge is 0.221 e. The fraction of sp³-hybridized carbons (Fsp3) is 0.909. The quantitative estimate of drug-likeness (QED) is 0.488. The minimum Gasteiger partial charge on any atom is -0.356 e. The highest BCUT2D eigenvalue weighted by Crippen LogP contribution is 1.94. The molecule has 90 valence electrons. The average Bonchev–Trinajstić information content (AvgIpc) is 2.24. The van der Waals surface area contributed by atoms with Crippen molar-refractivity contribution in [3.63, 3.8) is 0 Å². The summed E-state index contributed by atoms with van der Waals surface area (Å²) in [4.78, 5) is 13.4. The van der Waals surface area contributed by atoms with Crippen LogP contribution in [0.5, 0.6) is 0 Å². The molecular formula is C11H23ClN2O. The minimum atomic E-state index is 0.0628. The Kier molecular flexibility index (Phi) is 10.1. The summed E-state index contributed by atoms with van der Waals surface area (Å²) in [6, 6.07) is 0. The second kappa shape index (κ2) is 10.2. The van der Waals surface area contributed by atoms with Gasteiger partial charge in [0.05, 0.1) is 0 Å². The standard InChI is InChI=1S/C11H23ClN2O/c1-3-14(4-2)10-6-5-9-13-11(15)7-8-12/h3-10H2,1-2H3,(H,13,15). The Hall–Kier alpha value is -0.280. The number of nitrogens with zero attached hydrogens (tertiary/aromatic N) is 1. The molecule has 3 nitrogen and oxygen atoms in total. The number of halogens is 1. The summed E-state index contributed by atoms with van der Waals surface area (Å²) in [7, 11) is 0. The lowest BCUT2D eigenvalue weighted by Crippen LogP contribution is -2.27. The third-order valence-corrected chi connectivity index (χ3v) is 2.63. The van der Waals surface area contributed by atoms with E-state index in [0.29, 0.717) is 12.3 Å². The van der Waals surface area contributed by atoms with Crippen molar-refractivity contribution < 1.29 is 4.79 Å². The van der Waals surface area contributed by atoms with Crippen LogP contribution in [0.25, 0.3) is 0 Å². The van der Waals surface area contributed by atoms with Crippen LogP contribution in [0, 0.1) is 0 Å². The molecule has 0 saturated carbocycles. The van der Waals surface area contributed by atoms with Crippen molar-refractivity contribution in [3.05, 3.63) is 0 Å². The zero-order valence-corrected chi connectivity index (χ0v) is 10.6. The van der Waals surface area contributed by atoms with Gasteiger partial charge in [-0.1, -0.05) is 13.8 Å². The van der Waals surface area contributed by atoms with E-state index in [1.807, 2.05) is 0 Å². The van der Waals surface area contributed by atoms with Gasteiger partial charge in [-0.2, -0.15) is 0 Å². The van der Waals surface area contributed by atoms with E-state index in [1.54, 1.807) is 0 Å². The SMILES string of the molecule is CCN(CC)CCCCNC(=O)CCCl. The number of hydrogen-bond acceptors (Lipinski definition) is 2. The summed E-state index contributed by atoms with van der Waals surface area (Å²) in [5.41, 5.74) is 0. The predicted octanol–water partition coefficient (Wildman–Crippen LogP) is 1.85. The van der Waals surface area contributed by atoms with Gasteiger partial charge in [0.15, 0.2) is 0 Å². The molecule has 0 aromatic carbocycles. The topological polar surface area (TPSA) is 32.3 Å². The fourth-order valence-corrected chi connectivity index (χ4v) is 1.57. The molecule has 0 fully saturated rings. The van der Waals surface area contributed by atoms with Crippen molar-refractivity contribution in [2.75, 3.05) is 32.1 Å². The Balaban J connectivity index is 3.27. The van der Waals surface area contributed by atoms with E-state index in [0.717, 1.165) is 39.0 Å². The lowest BCUT2D eigenvalue weighted by Gasteiger charge is -2.17. The number of alkyl halides is 1. The molecule has 0 bridgehead atoms. The van der Waals surface area contributed by atoms with Crippen LogP contribution in [0.1, 0.15) is 33.1 Å². The molecule has 0 unspecified atom stereocenters. The summed E-state index contributed by atoms with van der Waals surface area (Å²) in [5, 5.41) is 2.85. The number of unbranched alkanes of at least 4 members (excludes halogenated alkanes) is 1. The normalized spacial score (nSPS) is 10.7. The Labute approximate surface area is 98.2 Å². The number of carbonyl (C=O) groups is 1. The van der Waals surface area contributed by atoms with Crippen molar-refractivity contribution >= 4 is 17.5 Å².